The molecule has 0 aliphatic carbocycles. The van der Waals surface area contributed by atoms with E-state index in [-0.39, 0.29) is 11.9 Å². The Labute approximate surface area is 78.5 Å². The van der Waals surface area contributed by atoms with Crippen LogP contribution >= 0.6 is 0 Å². The van der Waals surface area contributed by atoms with Gasteiger partial charge in [0.05, 0.1) is 6.10 Å². The summed E-state index contributed by atoms with van der Waals surface area (Å²) >= 11 is 0. The van der Waals surface area contributed by atoms with Gasteiger partial charge < -0.3 is 4.74 Å². The molecule has 0 N–H and O–H groups in total. The number of benzene rings is 1. The summed E-state index contributed by atoms with van der Waals surface area (Å²) in [6.07, 6.45) is -0.0179. The minimum atomic E-state index is -0.208. The van der Waals surface area contributed by atoms with Crippen molar-refractivity contribution >= 4 is 0 Å². The van der Waals surface area contributed by atoms with E-state index in [0.29, 0.717) is 5.92 Å². The van der Waals surface area contributed by atoms with E-state index in [9.17, 15) is 4.39 Å². The fourth-order valence-electron chi connectivity index (χ4n) is 1.48. The Morgan fingerprint density at radius 3 is 2.46 bits per heavy atom. The highest BCUT2D eigenvalue weighted by atomic mass is 19.1. The highest BCUT2D eigenvalue weighted by molar-refractivity contribution is 5.19. The molecule has 1 aromatic carbocycles. The lowest BCUT2D eigenvalue weighted by molar-refractivity contribution is 0.0644. The number of halogens is 1. The van der Waals surface area contributed by atoms with Crippen LogP contribution in [0.3, 0.4) is 0 Å². The van der Waals surface area contributed by atoms with E-state index in [4.69, 9.17) is 4.74 Å². The Morgan fingerprint density at radius 2 is 2.00 bits per heavy atom. The van der Waals surface area contributed by atoms with Crippen molar-refractivity contribution in [2.75, 3.05) is 7.11 Å². The third-order valence-corrected chi connectivity index (χ3v) is 2.04. The largest absolute Gasteiger partial charge is 0.376 e. The number of hydrogen-bond acceptors (Lipinski definition) is 1. The molecule has 1 aromatic rings. The van der Waals surface area contributed by atoms with E-state index in [0.717, 1.165) is 5.56 Å². The Bertz CT molecular complexity index is 271. The summed E-state index contributed by atoms with van der Waals surface area (Å²) in [5.74, 6) is 0.145. The maximum absolute atomic E-state index is 12.9. The first-order valence-corrected chi connectivity index (χ1v) is 4.43. The predicted molar refractivity (Wildman–Crippen MR) is 51.0 cm³/mol. The molecule has 1 nitrogen and oxygen atoms in total. The van der Waals surface area contributed by atoms with Crippen LogP contribution in [0.15, 0.2) is 24.3 Å². The van der Waals surface area contributed by atoms with Crippen LogP contribution in [0.4, 0.5) is 4.39 Å². The molecule has 1 unspecified atom stereocenters. The summed E-state index contributed by atoms with van der Waals surface area (Å²) < 4.78 is 18.2. The Balaban J connectivity index is 2.91. The number of methoxy groups -OCH3 is 1. The molecule has 0 radical (unpaired) electrons. The van der Waals surface area contributed by atoms with E-state index in [2.05, 4.69) is 13.8 Å². The number of ether oxygens (including phenoxy) is 1. The molecule has 0 heterocycles. The first-order chi connectivity index (χ1) is 6.15. The van der Waals surface area contributed by atoms with Gasteiger partial charge in [-0.05, 0) is 23.6 Å². The van der Waals surface area contributed by atoms with Crippen LogP contribution in [-0.4, -0.2) is 7.11 Å². The van der Waals surface area contributed by atoms with Crippen LogP contribution < -0.4 is 0 Å². The van der Waals surface area contributed by atoms with Crippen LogP contribution in [0.5, 0.6) is 0 Å². The second-order valence-electron chi connectivity index (χ2n) is 3.46. The smallest absolute Gasteiger partial charge is 0.123 e. The van der Waals surface area contributed by atoms with Gasteiger partial charge in [0, 0.05) is 7.11 Å². The lowest BCUT2D eigenvalue weighted by Crippen LogP contribution is -2.08. The summed E-state index contributed by atoms with van der Waals surface area (Å²) in [5.41, 5.74) is 0.900. The summed E-state index contributed by atoms with van der Waals surface area (Å²) in [7, 11) is 1.65. The Morgan fingerprint density at radius 1 is 1.31 bits per heavy atom. The van der Waals surface area contributed by atoms with Crippen LogP contribution in [0.2, 0.25) is 0 Å². The maximum Gasteiger partial charge on any atom is 0.123 e. The highest BCUT2D eigenvalue weighted by Gasteiger charge is 2.14. The molecule has 2 heteroatoms. The third-order valence-electron chi connectivity index (χ3n) is 2.04. The first-order valence-electron chi connectivity index (χ1n) is 4.43. The zero-order chi connectivity index (χ0) is 9.84. The van der Waals surface area contributed by atoms with Crippen LogP contribution in [-0.2, 0) is 4.74 Å². The van der Waals surface area contributed by atoms with Crippen molar-refractivity contribution in [3.63, 3.8) is 0 Å². The monoisotopic (exact) mass is 182 g/mol. The van der Waals surface area contributed by atoms with E-state index in [1.54, 1.807) is 13.2 Å². The molecule has 0 bridgehead atoms. The summed E-state index contributed by atoms with van der Waals surface area (Å²) in [6, 6.07) is 6.56. The van der Waals surface area contributed by atoms with E-state index < -0.39 is 0 Å². The van der Waals surface area contributed by atoms with Crippen LogP contribution in [0.1, 0.15) is 25.5 Å². The summed E-state index contributed by atoms with van der Waals surface area (Å²) in [4.78, 5) is 0. The Kier molecular flexibility index (Phi) is 3.43. The molecule has 0 spiro atoms. The molecule has 0 saturated carbocycles. The SMILES string of the molecule is COC(c1cccc(F)c1)C(C)C. The average Bonchev–Trinajstić information content (AvgIpc) is 2.04. The molecule has 0 aliphatic heterocycles. The molecule has 0 aromatic heterocycles. The van der Waals surface area contributed by atoms with Crippen molar-refractivity contribution in [3.05, 3.63) is 35.6 Å². The van der Waals surface area contributed by atoms with Gasteiger partial charge in [-0.1, -0.05) is 26.0 Å². The second kappa shape index (κ2) is 4.38. The second-order valence-corrected chi connectivity index (χ2v) is 3.46. The van der Waals surface area contributed by atoms with Crippen molar-refractivity contribution in [2.24, 2.45) is 5.92 Å². The van der Waals surface area contributed by atoms with Gasteiger partial charge in [0.1, 0.15) is 5.82 Å². The Hall–Kier alpha value is -0.890. The molecule has 72 valence electrons. The predicted octanol–water partition coefficient (Wildman–Crippen LogP) is 3.17. The molecular formula is C11H15FO. The van der Waals surface area contributed by atoms with Crippen LogP contribution in [0.25, 0.3) is 0 Å². The number of hydrogen-bond donors (Lipinski definition) is 0. The lowest BCUT2D eigenvalue weighted by Gasteiger charge is -2.19. The molecule has 0 amide bonds. The van der Waals surface area contributed by atoms with Gasteiger partial charge in [-0.15, -0.1) is 0 Å². The lowest BCUT2D eigenvalue weighted by atomic mass is 9.99. The normalized spacial score (nSPS) is 13.3. The van der Waals surface area contributed by atoms with Gasteiger partial charge >= 0.3 is 0 Å². The molecule has 1 rings (SSSR count). The number of rotatable bonds is 3. The standard InChI is InChI=1S/C11H15FO/c1-8(2)11(13-3)9-5-4-6-10(12)7-9/h4-8,11H,1-3H3. The quantitative estimate of drug-likeness (QED) is 0.697. The fraction of sp³-hybridized carbons (Fsp3) is 0.455. The highest BCUT2D eigenvalue weighted by Crippen LogP contribution is 2.24. The van der Waals surface area contributed by atoms with Gasteiger partial charge in [-0.3, -0.25) is 0 Å². The average molecular weight is 182 g/mol. The molecule has 0 fully saturated rings. The van der Waals surface area contributed by atoms with Crippen molar-refractivity contribution in [2.45, 2.75) is 20.0 Å². The zero-order valence-corrected chi connectivity index (χ0v) is 8.25. The van der Waals surface area contributed by atoms with Gasteiger partial charge in [0.15, 0.2) is 0 Å². The minimum Gasteiger partial charge on any atom is -0.376 e. The van der Waals surface area contributed by atoms with Gasteiger partial charge in [0.2, 0.25) is 0 Å². The summed E-state index contributed by atoms with van der Waals surface area (Å²) in [6.45, 7) is 4.11. The fourth-order valence-corrected chi connectivity index (χ4v) is 1.48. The third kappa shape index (κ3) is 2.52. The van der Waals surface area contributed by atoms with Crippen molar-refractivity contribution in [1.82, 2.24) is 0 Å². The zero-order valence-electron chi connectivity index (χ0n) is 8.25. The van der Waals surface area contributed by atoms with Crippen LogP contribution in [0, 0.1) is 11.7 Å². The first kappa shape index (κ1) is 10.2. The van der Waals surface area contributed by atoms with E-state index in [1.807, 2.05) is 6.07 Å². The molecular weight excluding hydrogens is 167 g/mol. The van der Waals surface area contributed by atoms with Gasteiger partial charge in [0.25, 0.3) is 0 Å². The van der Waals surface area contributed by atoms with Crippen molar-refractivity contribution in [3.8, 4) is 0 Å². The van der Waals surface area contributed by atoms with Gasteiger partial charge in [-0.2, -0.15) is 0 Å². The molecule has 13 heavy (non-hydrogen) atoms. The molecule has 0 saturated heterocycles. The molecule has 0 aliphatic rings. The summed E-state index contributed by atoms with van der Waals surface area (Å²) in [5, 5.41) is 0. The van der Waals surface area contributed by atoms with E-state index >= 15 is 0 Å². The molecule has 1 atom stereocenters. The van der Waals surface area contributed by atoms with E-state index in [1.165, 1.54) is 12.1 Å². The maximum atomic E-state index is 12.9. The minimum absolute atomic E-state index is 0.0179. The van der Waals surface area contributed by atoms with Crippen molar-refractivity contribution < 1.29 is 9.13 Å². The topological polar surface area (TPSA) is 9.23 Å². The van der Waals surface area contributed by atoms with Crippen molar-refractivity contribution in [1.29, 1.82) is 0 Å². The van der Waals surface area contributed by atoms with Gasteiger partial charge in [-0.25, -0.2) is 4.39 Å².